The summed E-state index contributed by atoms with van der Waals surface area (Å²) in [7, 11) is -4.11. The molecule has 0 aliphatic carbocycles. The Bertz CT molecular complexity index is 1180. The van der Waals surface area contributed by atoms with Crippen LogP contribution in [0.5, 0.6) is 0 Å². The van der Waals surface area contributed by atoms with Gasteiger partial charge in [0.05, 0.1) is 17.3 Å². The lowest BCUT2D eigenvalue weighted by atomic mass is 10.1. The average molecular weight is 460 g/mol. The summed E-state index contributed by atoms with van der Waals surface area (Å²) < 4.78 is 27.5. The van der Waals surface area contributed by atoms with E-state index in [2.05, 4.69) is 25.6 Å². The molecule has 0 aliphatic heterocycles. The summed E-state index contributed by atoms with van der Waals surface area (Å²) in [6.45, 7) is 3.50. The first-order valence-corrected chi connectivity index (χ1v) is 11.7. The van der Waals surface area contributed by atoms with Gasteiger partial charge in [-0.15, -0.1) is 10.2 Å². The molecule has 31 heavy (non-hydrogen) atoms. The fourth-order valence-corrected chi connectivity index (χ4v) is 4.63. The Balaban J connectivity index is 1.78. The van der Waals surface area contributed by atoms with Gasteiger partial charge in [0.15, 0.2) is 0 Å². The molecule has 9 nitrogen and oxygen atoms in total. The van der Waals surface area contributed by atoms with E-state index in [0.717, 1.165) is 16.9 Å². The number of aromatic nitrogens is 2. The molecule has 0 saturated heterocycles. The lowest BCUT2D eigenvalue weighted by molar-refractivity contribution is -0.115. The number of hydrogen-bond donors (Lipinski definition) is 3. The Kier molecular flexibility index (Phi) is 6.98. The van der Waals surface area contributed by atoms with Crippen molar-refractivity contribution >= 4 is 44.0 Å². The SMILES string of the molecule is CCC(=O)Nc1nnc(S(=O)(=O)Nc2ccccc2C(=O)N[C@H](C)c2ccccc2)s1. The molecule has 0 fully saturated rings. The highest BCUT2D eigenvalue weighted by atomic mass is 32.2. The summed E-state index contributed by atoms with van der Waals surface area (Å²) in [5.41, 5.74) is 1.19. The van der Waals surface area contributed by atoms with Crippen LogP contribution >= 0.6 is 11.3 Å². The van der Waals surface area contributed by atoms with E-state index in [-0.39, 0.29) is 39.1 Å². The molecule has 11 heteroatoms. The standard InChI is InChI=1S/C20H21N5O4S2/c1-3-17(26)22-19-23-24-20(30-19)31(28,29)25-16-12-8-7-11-15(16)18(27)21-13(2)14-9-5-4-6-10-14/h4-13,25H,3H2,1-2H3,(H,21,27)(H,22,23,26)/t13-/m1/s1. The van der Waals surface area contributed by atoms with E-state index in [1.807, 2.05) is 37.3 Å². The van der Waals surface area contributed by atoms with Crippen LogP contribution in [0.15, 0.2) is 58.9 Å². The summed E-state index contributed by atoms with van der Waals surface area (Å²) >= 11 is 0.720. The maximum Gasteiger partial charge on any atom is 0.291 e. The number of sulfonamides is 1. The van der Waals surface area contributed by atoms with Gasteiger partial charge in [0.2, 0.25) is 11.0 Å². The number of benzene rings is 2. The van der Waals surface area contributed by atoms with E-state index < -0.39 is 15.9 Å². The molecular formula is C20H21N5O4S2. The van der Waals surface area contributed by atoms with Gasteiger partial charge >= 0.3 is 0 Å². The second-order valence-electron chi connectivity index (χ2n) is 6.53. The maximum absolute atomic E-state index is 12.8. The summed E-state index contributed by atoms with van der Waals surface area (Å²) in [5, 5.41) is 12.7. The third kappa shape index (κ3) is 5.64. The van der Waals surface area contributed by atoms with Crippen LogP contribution < -0.4 is 15.4 Å². The van der Waals surface area contributed by atoms with Crippen molar-refractivity contribution < 1.29 is 18.0 Å². The lowest BCUT2D eigenvalue weighted by Gasteiger charge is -2.16. The van der Waals surface area contributed by atoms with Crippen LogP contribution in [0, 0.1) is 0 Å². The van der Waals surface area contributed by atoms with Crippen molar-refractivity contribution in [3.8, 4) is 0 Å². The summed E-state index contributed by atoms with van der Waals surface area (Å²) in [6.07, 6.45) is 0.226. The molecular weight excluding hydrogens is 438 g/mol. The number of hydrogen-bond acceptors (Lipinski definition) is 7. The second-order valence-corrected chi connectivity index (χ2v) is 9.37. The fraction of sp³-hybridized carbons (Fsp3) is 0.200. The Morgan fingerprint density at radius 3 is 2.42 bits per heavy atom. The topological polar surface area (TPSA) is 130 Å². The van der Waals surface area contributed by atoms with Crippen molar-refractivity contribution in [3.05, 3.63) is 65.7 Å². The quantitative estimate of drug-likeness (QED) is 0.444. The first-order valence-electron chi connectivity index (χ1n) is 9.41. The van der Waals surface area contributed by atoms with Gasteiger partial charge in [0.1, 0.15) is 0 Å². The molecule has 1 heterocycles. The highest BCUT2D eigenvalue weighted by Crippen LogP contribution is 2.25. The Morgan fingerprint density at radius 2 is 1.71 bits per heavy atom. The summed E-state index contributed by atoms with van der Waals surface area (Å²) in [6, 6.07) is 15.4. The van der Waals surface area contributed by atoms with Gasteiger partial charge in [-0.1, -0.05) is 60.7 Å². The number of carbonyl (C=O) groups excluding carboxylic acids is 2. The Labute approximate surface area is 184 Å². The van der Waals surface area contributed by atoms with E-state index in [9.17, 15) is 18.0 Å². The van der Waals surface area contributed by atoms with Crippen molar-refractivity contribution in [2.24, 2.45) is 0 Å². The van der Waals surface area contributed by atoms with Gasteiger partial charge < -0.3 is 10.6 Å². The predicted octanol–water partition coefficient (Wildman–Crippen LogP) is 3.18. The van der Waals surface area contributed by atoms with Crippen LogP contribution in [0.4, 0.5) is 10.8 Å². The van der Waals surface area contributed by atoms with Crippen LogP contribution in [-0.2, 0) is 14.8 Å². The highest BCUT2D eigenvalue weighted by Gasteiger charge is 2.24. The number of nitrogens with zero attached hydrogens (tertiary/aromatic N) is 2. The minimum Gasteiger partial charge on any atom is -0.345 e. The first-order chi connectivity index (χ1) is 14.8. The lowest BCUT2D eigenvalue weighted by Crippen LogP contribution is -2.28. The number of carbonyl (C=O) groups is 2. The van der Waals surface area contributed by atoms with E-state index in [1.54, 1.807) is 19.1 Å². The minimum absolute atomic E-state index is 0.0786. The van der Waals surface area contributed by atoms with Crippen LogP contribution in [0.1, 0.15) is 42.2 Å². The summed E-state index contributed by atoms with van der Waals surface area (Å²) in [4.78, 5) is 24.3. The Hall–Kier alpha value is -3.31. The van der Waals surface area contributed by atoms with Gasteiger partial charge in [-0.3, -0.25) is 14.3 Å². The number of anilines is 2. The molecule has 2 amide bonds. The molecule has 3 rings (SSSR count). The molecule has 0 aliphatic rings. The van der Waals surface area contributed by atoms with Gasteiger partial charge in [-0.2, -0.15) is 8.42 Å². The molecule has 3 N–H and O–H groups in total. The van der Waals surface area contributed by atoms with Gasteiger partial charge in [-0.05, 0) is 24.6 Å². The molecule has 0 radical (unpaired) electrons. The van der Waals surface area contributed by atoms with E-state index in [1.165, 1.54) is 12.1 Å². The number of para-hydroxylation sites is 1. The second kappa shape index (κ2) is 9.67. The average Bonchev–Trinajstić information content (AvgIpc) is 3.23. The van der Waals surface area contributed by atoms with E-state index in [4.69, 9.17) is 0 Å². The monoisotopic (exact) mass is 459 g/mol. The molecule has 1 aromatic heterocycles. The molecule has 0 bridgehead atoms. The third-order valence-corrected chi connectivity index (χ3v) is 6.84. The van der Waals surface area contributed by atoms with E-state index >= 15 is 0 Å². The predicted molar refractivity (Wildman–Crippen MR) is 118 cm³/mol. The van der Waals surface area contributed by atoms with Gasteiger partial charge in [0.25, 0.3) is 20.3 Å². The van der Waals surface area contributed by atoms with E-state index in [0.29, 0.717) is 0 Å². The van der Waals surface area contributed by atoms with Crippen molar-refractivity contribution in [1.82, 2.24) is 15.5 Å². The van der Waals surface area contributed by atoms with Crippen LogP contribution in [0.3, 0.4) is 0 Å². The highest BCUT2D eigenvalue weighted by molar-refractivity contribution is 7.94. The van der Waals surface area contributed by atoms with Crippen LogP contribution in [0.25, 0.3) is 0 Å². The van der Waals surface area contributed by atoms with Crippen molar-refractivity contribution in [1.29, 1.82) is 0 Å². The fourth-order valence-electron chi connectivity index (χ4n) is 2.63. The maximum atomic E-state index is 12.8. The number of amides is 2. The molecule has 1 atom stereocenters. The smallest absolute Gasteiger partial charge is 0.291 e. The largest absolute Gasteiger partial charge is 0.345 e. The van der Waals surface area contributed by atoms with Crippen molar-refractivity contribution in [2.75, 3.05) is 10.0 Å². The summed E-state index contributed by atoms with van der Waals surface area (Å²) in [5.74, 6) is -0.731. The van der Waals surface area contributed by atoms with Crippen molar-refractivity contribution in [3.63, 3.8) is 0 Å². The molecule has 0 spiro atoms. The molecule has 3 aromatic rings. The zero-order chi connectivity index (χ0) is 22.4. The normalized spacial score (nSPS) is 12.1. The van der Waals surface area contributed by atoms with Gasteiger partial charge in [-0.25, -0.2) is 0 Å². The van der Waals surface area contributed by atoms with Gasteiger partial charge in [0, 0.05) is 6.42 Å². The van der Waals surface area contributed by atoms with Crippen molar-refractivity contribution in [2.45, 2.75) is 30.6 Å². The minimum atomic E-state index is -4.11. The number of nitrogens with one attached hydrogen (secondary N) is 3. The molecule has 0 unspecified atom stereocenters. The molecule has 0 saturated carbocycles. The third-order valence-electron chi connectivity index (χ3n) is 4.27. The zero-order valence-corrected chi connectivity index (χ0v) is 18.5. The molecule has 2 aromatic carbocycles. The van der Waals surface area contributed by atoms with Crippen LogP contribution in [0.2, 0.25) is 0 Å². The first kappa shape index (κ1) is 22.4. The number of rotatable bonds is 8. The molecule has 162 valence electrons. The zero-order valence-electron chi connectivity index (χ0n) is 16.8. The van der Waals surface area contributed by atoms with Crippen LogP contribution in [-0.4, -0.2) is 30.4 Å². The Morgan fingerprint density at radius 1 is 1.03 bits per heavy atom.